The Morgan fingerprint density at radius 3 is 2.45 bits per heavy atom. The average molecular weight is 292 g/mol. The van der Waals surface area contributed by atoms with E-state index in [1.165, 1.54) is 0 Å². The maximum absolute atomic E-state index is 12.8. The Morgan fingerprint density at radius 2 is 1.82 bits per heavy atom. The van der Waals surface area contributed by atoms with Crippen molar-refractivity contribution in [3.63, 3.8) is 0 Å². The third-order valence-electron chi connectivity index (χ3n) is 3.85. The van der Waals surface area contributed by atoms with E-state index >= 15 is 0 Å². The van der Waals surface area contributed by atoms with Gasteiger partial charge in [0.25, 0.3) is 0 Å². The molecule has 0 aliphatic heterocycles. The first-order valence-electron chi connectivity index (χ1n) is 7.25. The van der Waals surface area contributed by atoms with Gasteiger partial charge in [0.1, 0.15) is 0 Å². The van der Waals surface area contributed by atoms with Crippen LogP contribution in [0, 0.1) is 11.3 Å². The molecule has 0 aliphatic rings. The molecular formula is C19H20N2O. The standard InChI is InChI=1S/C19H20N2O/c1-19(2,17-10-5-4-6-11-17)18(22)21(3)14-16-9-7-8-15(12-16)13-20/h4-12H,14H2,1-3H3. The number of likely N-dealkylation sites (N-methyl/N-ethyl adjacent to an activating group) is 1. The Labute approximate surface area is 131 Å². The second-order valence-electron chi connectivity index (χ2n) is 5.96. The highest BCUT2D eigenvalue weighted by atomic mass is 16.2. The lowest BCUT2D eigenvalue weighted by atomic mass is 9.83. The van der Waals surface area contributed by atoms with Gasteiger partial charge in [-0.3, -0.25) is 4.79 Å². The van der Waals surface area contributed by atoms with Crippen LogP contribution >= 0.6 is 0 Å². The zero-order valence-corrected chi connectivity index (χ0v) is 13.2. The van der Waals surface area contributed by atoms with Crippen LogP contribution in [0.2, 0.25) is 0 Å². The van der Waals surface area contributed by atoms with Gasteiger partial charge in [-0.05, 0) is 37.1 Å². The first-order chi connectivity index (χ1) is 10.4. The number of amides is 1. The summed E-state index contributed by atoms with van der Waals surface area (Å²) >= 11 is 0. The summed E-state index contributed by atoms with van der Waals surface area (Å²) < 4.78 is 0. The summed E-state index contributed by atoms with van der Waals surface area (Å²) in [5, 5.41) is 8.95. The van der Waals surface area contributed by atoms with E-state index in [1.807, 2.05) is 62.4 Å². The van der Waals surface area contributed by atoms with Crippen LogP contribution in [0.3, 0.4) is 0 Å². The molecule has 0 aliphatic carbocycles. The molecule has 0 unspecified atom stereocenters. The van der Waals surface area contributed by atoms with Crippen molar-refractivity contribution in [2.24, 2.45) is 0 Å². The van der Waals surface area contributed by atoms with E-state index in [2.05, 4.69) is 6.07 Å². The smallest absolute Gasteiger partial charge is 0.232 e. The molecule has 2 aromatic carbocycles. The van der Waals surface area contributed by atoms with Crippen molar-refractivity contribution in [1.29, 1.82) is 5.26 Å². The summed E-state index contributed by atoms with van der Waals surface area (Å²) in [5.74, 6) is 0.0565. The second kappa shape index (κ2) is 6.44. The maximum Gasteiger partial charge on any atom is 0.232 e. The number of benzene rings is 2. The highest BCUT2D eigenvalue weighted by molar-refractivity contribution is 5.87. The lowest BCUT2D eigenvalue weighted by Crippen LogP contribution is -2.40. The van der Waals surface area contributed by atoms with Crippen LogP contribution < -0.4 is 0 Å². The van der Waals surface area contributed by atoms with Gasteiger partial charge in [-0.15, -0.1) is 0 Å². The van der Waals surface area contributed by atoms with Gasteiger partial charge in [0.05, 0.1) is 17.0 Å². The van der Waals surface area contributed by atoms with Gasteiger partial charge >= 0.3 is 0 Å². The van der Waals surface area contributed by atoms with Gasteiger partial charge in [-0.2, -0.15) is 5.26 Å². The molecule has 0 spiro atoms. The van der Waals surface area contributed by atoms with Crippen LogP contribution in [0.5, 0.6) is 0 Å². The first-order valence-corrected chi connectivity index (χ1v) is 7.25. The number of carbonyl (C=O) groups is 1. The molecule has 0 heterocycles. The summed E-state index contributed by atoms with van der Waals surface area (Å²) in [6.07, 6.45) is 0. The summed E-state index contributed by atoms with van der Waals surface area (Å²) in [5.41, 5.74) is 1.99. The lowest BCUT2D eigenvalue weighted by molar-refractivity contribution is -0.135. The van der Waals surface area contributed by atoms with Gasteiger partial charge in [-0.1, -0.05) is 42.5 Å². The highest BCUT2D eigenvalue weighted by Crippen LogP contribution is 2.25. The summed E-state index contributed by atoms with van der Waals surface area (Å²) in [6, 6.07) is 19.3. The van der Waals surface area contributed by atoms with E-state index in [9.17, 15) is 4.79 Å². The fraction of sp³-hybridized carbons (Fsp3) is 0.263. The molecule has 0 saturated carbocycles. The highest BCUT2D eigenvalue weighted by Gasteiger charge is 2.32. The molecule has 2 aromatic rings. The van der Waals surface area contributed by atoms with Crippen molar-refractivity contribution in [2.45, 2.75) is 25.8 Å². The van der Waals surface area contributed by atoms with Crippen molar-refractivity contribution in [2.75, 3.05) is 7.05 Å². The van der Waals surface area contributed by atoms with E-state index in [4.69, 9.17) is 5.26 Å². The minimum Gasteiger partial charge on any atom is -0.341 e. The van der Waals surface area contributed by atoms with Crippen LogP contribution in [0.4, 0.5) is 0 Å². The molecule has 0 fully saturated rings. The van der Waals surface area contributed by atoms with Crippen LogP contribution in [0.1, 0.15) is 30.5 Å². The molecule has 0 radical (unpaired) electrons. The third kappa shape index (κ3) is 3.35. The Bertz CT molecular complexity index is 699. The predicted molar refractivity (Wildman–Crippen MR) is 87.1 cm³/mol. The fourth-order valence-corrected chi connectivity index (χ4v) is 2.54. The second-order valence-corrected chi connectivity index (χ2v) is 5.96. The van der Waals surface area contributed by atoms with Crippen LogP contribution in [0.15, 0.2) is 54.6 Å². The molecular weight excluding hydrogens is 272 g/mol. The summed E-state index contributed by atoms with van der Waals surface area (Å²) in [6.45, 7) is 4.37. The van der Waals surface area contributed by atoms with Gasteiger partial charge in [0.15, 0.2) is 0 Å². The van der Waals surface area contributed by atoms with Crippen LogP contribution in [-0.2, 0) is 16.8 Å². The quantitative estimate of drug-likeness (QED) is 0.865. The molecule has 0 atom stereocenters. The van der Waals surface area contributed by atoms with E-state index < -0.39 is 5.41 Å². The molecule has 3 nitrogen and oxygen atoms in total. The first kappa shape index (κ1) is 15.8. The van der Waals surface area contributed by atoms with E-state index in [0.717, 1.165) is 11.1 Å². The van der Waals surface area contributed by atoms with E-state index in [1.54, 1.807) is 18.0 Å². The van der Waals surface area contributed by atoms with E-state index in [0.29, 0.717) is 12.1 Å². The molecule has 3 heteroatoms. The molecule has 22 heavy (non-hydrogen) atoms. The van der Waals surface area contributed by atoms with Crippen molar-refractivity contribution in [1.82, 2.24) is 4.90 Å². The van der Waals surface area contributed by atoms with Gasteiger partial charge < -0.3 is 4.90 Å². The Kier molecular flexibility index (Phi) is 4.62. The summed E-state index contributed by atoms with van der Waals surface area (Å²) in [4.78, 5) is 14.5. The minimum atomic E-state index is -0.581. The number of rotatable bonds is 4. The number of hydrogen-bond donors (Lipinski definition) is 0. The lowest BCUT2D eigenvalue weighted by Gasteiger charge is -2.30. The Balaban J connectivity index is 2.17. The number of nitriles is 1. The monoisotopic (exact) mass is 292 g/mol. The molecule has 0 saturated heterocycles. The van der Waals surface area contributed by atoms with Crippen LogP contribution in [0.25, 0.3) is 0 Å². The molecule has 112 valence electrons. The predicted octanol–water partition coefficient (Wildman–Crippen LogP) is 3.49. The largest absolute Gasteiger partial charge is 0.341 e. The zero-order valence-electron chi connectivity index (χ0n) is 13.2. The Hall–Kier alpha value is -2.60. The molecule has 0 aromatic heterocycles. The average Bonchev–Trinajstić information content (AvgIpc) is 2.55. The third-order valence-corrected chi connectivity index (χ3v) is 3.85. The molecule has 0 N–H and O–H groups in total. The molecule has 1 amide bonds. The SMILES string of the molecule is CN(Cc1cccc(C#N)c1)C(=O)C(C)(C)c1ccccc1. The number of nitrogens with zero attached hydrogens (tertiary/aromatic N) is 2. The topological polar surface area (TPSA) is 44.1 Å². The molecule has 2 rings (SSSR count). The van der Waals surface area contributed by atoms with Gasteiger partial charge in [0, 0.05) is 13.6 Å². The fourth-order valence-electron chi connectivity index (χ4n) is 2.54. The van der Waals surface area contributed by atoms with Gasteiger partial charge in [0.2, 0.25) is 5.91 Å². The maximum atomic E-state index is 12.8. The number of carbonyl (C=O) groups excluding carboxylic acids is 1. The van der Waals surface area contributed by atoms with Crippen molar-refractivity contribution < 1.29 is 4.79 Å². The van der Waals surface area contributed by atoms with E-state index in [-0.39, 0.29) is 5.91 Å². The number of hydrogen-bond acceptors (Lipinski definition) is 2. The van der Waals surface area contributed by atoms with Crippen molar-refractivity contribution in [3.8, 4) is 6.07 Å². The normalized spacial score (nSPS) is 10.8. The van der Waals surface area contributed by atoms with Crippen molar-refractivity contribution in [3.05, 3.63) is 71.3 Å². The van der Waals surface area contributed by atoms with Crippen molar-refractivity contribution >= 4 is 5.91 Å². The minimum absolute atomic E-state index is 0.0565. The Morgan fingerprint density at radius 1 is 1.14 bits per heavy atom. The molecule has 0 bridgehead atoms. The summed E-state index contributed by atoms with van der Waals surface area (Å²) in [7, 11) is 1.80. The zero-order chi connectivity index (χ0) is 16.2. The van der Waals surface area contributed by atoms with Crippen LogP contribution in [-0.4, -0.2) is 17.9 Å². The van der Waals surface area contributed by atoms with Gasteiger partial charge in [-0.25, -0.2) is 0 Å².